The van der Waals surface area contributed by atoms with Crippen molar-refractivity contribution in [2.45, 2.75) is 58.2 Å². The molecule has 200 valence electrons. The summed E-state index contributed by atoms with van der Waals surface area (Å²) in [5.41, 5.74) is 7.95. The number of piperidine rings is 1. The monoisotopic (exact) mass is 533 g/mol. The fraction of sp³-hybridized carbons (Fsp3) is 0.467. The molecular formula is C30H36FN5OS. The number of fused-ring (bicyclic) bond motifs is 3. The highest BCUT2D eigenvalue weighted by Gasteiger charge is 2.21. The molecule has 0 unspecified atom stereocenters. The van der Waals surface area contributed by atoms with Gasteiger partial charge in [-0.05, 0) is 93.9 Å². The molecule has 1 amide bonds. The van der Waals surface area contributed by atoms with Crippen molar-refractivity contribution in [3.63, 3.8) is 0 Å². The third-order valence-corrected chi connectivity index (χ3v) is 9.37. The topological polar surface area (TPSA) is 61.7 Å². The Morgan fingerprint density at radius 1 is 1.16 bits per heavy atom. The first-order valence-corrected chi connectivity index (χ1v) is 14.7. The zero-order chi connectivity index (χ0) is 26.2. The minimum atomic E-state index is -0.647. The van der Waals surface area contributed by atoms with Crippen molar-refractivity contribution in [2.24, 2.45) is 0 Å². The molecule has 4 heterocycles. The Labute approximate surface area is 227 Å². The summed E-state index contributed by atoms with van der Waals surface area (Å²) in [6, 6.07) is 10.8. The van der Waals surface area contributed by atoms with Crippen LogP contribution in [-0.4, -0.2) is 59.1 Å². The van der Waals surface area contributed by atoms with Gasteiger partial charge < -0.3 is 15.5 Å². The first-order chi connectivity index (χ1) is 18.5. The average molecular weight is 534 g/mol. The molecule has 8 heteroatoms. The summed E-state index contributed by atoms with van der Waals surface area (Å²) in [6.45, 7) is 8.68. The van der Waals surface area contributed by atoms with Crippen LogP contribution < -0.4 is 10.6 Å². The fourth-order valence-electron chi connectivity index (χ4n) is 5.95. The van der Waals surface area contributed by atoms with E-state index in [2.05, 4.69) is 52.1 Å². The number of hydrogen-bond acceptors (Lipinski definition) is 5. The highest BCUT2D eigenvalue weighted by Crippen LogP contribution is 2.35. The minimum absolute atomic E-state index is 0.0518. The van der Waals surface area contributed by atoms with Gasteiger partial charge in [-0.1, -0.05) is 23.5 Å². The molecule has 2 aromatic heterocycles. The summed E-state index contributed by atoms with van der Waals surface area (Å²) in [5.74, 6) is -0.0518. The summed E-state index contributed by atoms with van der Waals surface area (Å²) >= 11 is 1.61. The first-order valence-electron chi connectivity index (χ1n) is 13.9. The van der Waals surface area contributed by atoms with E-state index in [0.717, 1.165) is 53.5 Å². The van der Waals surface area contributed by atoms with E-state index in [4.69, 9.17) is 4.98 Å². The molecule has 38 heavy (non-hydrogen) atoms. The van der Waals surface area contributed by atoms with E-state index in [0.29, 0.717) is 31.0 Å². The van der Waals surface area contributed by atoms with Crippen LogP contribution in [0.2, 0.25) is 0 Å². The number of hydrogen-bond donors (Lipinski definition) is 2. The van der Waals surface area contributed by atoms with Gasteiger partial charge in [-0.2, -0.15) is 0 Å². The Morgan fingerprint density at radius 3 is 2.79 bits per heavy atom. The van der Waals surface area contributed by atoms with Gasteiger partial charge in [0, 0.05) is 43.0 Å². The third kappa shape index (κ3) is 4.97. The van der Waals surface area contributed by atoms with E-state index >= 15 is 0 Å². The van der Waals surface area contributed by atoms with Gasteiger partial charge >= 0.3 is 0 Å². The number of carbonyl (C=O) groups excluding carboxylic acids is 1. The van der Waals surface area contributed by atoms with Gasteiger partial charge in [-0.15, -0.1) is 0 Å². The Hall–Kier alpha value is -2.81. The molecule has 0 spiro atoms. The molecule has 6 rings (SSSR count). The van der Waals surface area contributed by atoms with Gasteiger partial charge in [0.1, 0.15) is 6.17 Å². The van der Waals surface area contributed by atoms with Crippen molar-refractivity contribution >= 4 is 32.4 Å². The lowest BCUT2D eigenvalue weighted by molar-refractivity contribution is 0.0950. The number of likely N-dealkylation sites (tertiary alicyclic amines) is 1. The highest BCUT2D eigenvalue weighted by molar-refractivity contribution is 7.23. The molecule has 2 saturated heterocycles. The number of aromatic nitrogens is 2. The standard InChI is InChI=1S/C30H36FN5OS/c1-19-20(2)24(8-7-23(19)25-5-3-12-32-25)26-18-36-27-9-6-21(17-28(27)38-30(36)34-26)29(37)33-13-4-14-35-15-10-22(31)11-16-35/h6-9,17-18,22,25,32H,3-5,10-16H2,1-2H3,(H,33,37)/t25-/m1/s1. The Bertz CT molecular complexity index is 1460. The summed E-state index contributed by atoms with van der Waals surface area (Å²) in [4.78, 5) is 21.0. The lowest BCUT2D eigenvalue weighted by Gasteiger charge is -2.28. The first kappa shape index (κ1) is 25.5. The van der Waals surface area contributed by atoms with Crippen LogP contribution in [-0.2, 0) is 0 Å². The quantitative estimate of drug-likeness (QED) is 0.294. The largest absolute Gasteiger partial charge is 0.352 e. The van der Waals surface area contributed by atoms with Crippen LogP contribution in [0.3, 0.4) is 0 Å². The van der Waals surface area contributed by atoms with Gasteiger partial charge in [-0.3, -0.25) is 9.20 Å². The second-order valence-corrected chi connectivity index (χ2v) is 11.8. The second kappa shape index (κ2) is 10.8. The maximum absolute atomic E-state index is 13.3. The molecule has 2 aliphatic heterocycles. The molecule has 2 N–H and O–H groups in total. The zero-order valence-corrected chi connectivity index (χ0v) is 23.0. The number of benzene rings is 2. The Morgan fingerprint density at radius 2 is 2.00 bits per heavy atom. The van der Waals surface area contributed by atoms with Crippen molar-refractivity contribution in [3.05, 3.63) is 58.8 Å². The van der Waals surface area contributed by atoms with Crippen LogP contribution in [0.25, 0.3) is 26.4 Å². The van der Waals surface area contributed by atoms with Gasteiger partial charge in [-0.25, -0.2) is 9.37 Å². The van der Waals surface area contributed by atoms with Gasteiger partial charge in [0.15, 0.2) is 4.96 Å². The van der Waals surface area contributed by atoms with E-state index in [1.54, 1.807) is 11.3 Å². The maximum atomic E-state index is 13.3. The molecule has 2 aromatic carbocycles. The van der Waals surface area contributed by atoms with Crippen LogP contribution in [0, 0.1) is 13.8 Å². The van der Waals surface area contributed by atoms with Crippen LogP contribution >= 0.6 is 11.3 Å². The lowest BCUT2D eigenvalue weighted by Crippen LogP contribution is -2.36. The number of alkyl halides is 1. The predicted octanol–water partition coefficient (Wildman–Crippen LogP) is 5.81. The van der Waals surface area contributed by atoms with E-state index < -0.39 is 6.17 Å². The smallest absolute Gasteiger partial charge is 0.251 e. The number of nitrogens with one attached hydrogen (secondary N) is 2. The van der Waals surface area contributed by atoms with Crippen molar-refractivity contribution in [1.29, 1.82) is 0 Å². The van der Waals surface area contributed by atoms with E-state index in [1.165, 1.54) is 35.1 Å². The molecule has 2 aliphatic rings. The zero-order valence-electron chi connectivity index (χ0n) is 22.2. The van der Waals surface area contributed by atoms with Crippen LogP contribution in [0.5, 0.6) is 0 Å². The number of amides is 1. The fourth-order valence-corrected chi connectivity index (χ4v) is 7.00. The van der Waals surface area contributed by atoms with Crippen molar-refractivity contribution in [2.75, 3.05) is 32.7 Å². The molecule has 1 atom stereocenters. The molecule has 2 fully saturated rings. The normalized spacial score (nSPS) is 19.1. The Kier molecular flexibility index (Phi) is 7.20. The second-order valence-electron chi connectivity index (χ2n) is 10.8. The number of imidazole rings is 1. The van der Waals surface area contributed by atoms with E-state index in [-0.39, 0.29) is 5.91 Å². The van der Waals surface area contributed by atoms with E-state index in [9.17, 15) is 9.18 Å². The number of halogens is 1. The molecule has 6 nitrogen and oxygen atoms in total. The highest BCUT2D eigenvalue weighted by atomic mass is 32.1. The number of nitrogens with zero attached hydrogens (tertiary/aromatic N) is 3. The SMILES string of the molecule is Cc1c(-c2cn3c(n2)sc2cc(C(=O)NCCCN4CCC(F)CC4)ccc23)ccc([C@H]2CCCN2)c1C. The molecular weight excluding hydrogens is 497 g/mol. The van der Waals surface area contributed by atoms with Gasteiger partial charge in [0.2, 0.25) is 0 Å². The van der Waals surface area contributed by atoms with Crippen molar-refractivity contribution in [3.8, 4) is 11.3 Å². The summed E-state index contributed by atoms with van der Waals surface area (Å²) in [7, 11) is 0. The number of thiazole rings is 1. The average Bonchev–Trinajstić information content (AvgIpc) is 3.66. The van der Waals surface area contributed by atoms with Crippen LogP contribution in [0.4, 0.5) is 4.39 Å². The van der Waals surface area contributed by atoms with Crippen LogP contribution in [0.15, 0.2) is 36.5 Å². The number of carbonyl (C=O) groups is 1. The Balaban J connectivity index is 1.14. The van der Waals surface area contributed by atoms with Crippen LogP contribution in [0.1, 0.15) is 65.2 Å². The lowest BCUT2D eigenvalue weighted by atomic mass is 9.92. The predicted molar refractivity (Wildman–Crippen MR) is 153 cm³/mol. The van der Waals surface area contributed by atoms with Gasteiger partial charge in [0.25, 0.3) is 5.91 Å². The molecule has 0 saturated carbocycles. The molecule has 0 aliphatic carbocycles. The molecule has 0 radical (unpaired) electrons. The molecule has 0 bridgehead atoms. The van der Waals surface area contributed by atoms with E-state index in [1.807, 2.05) is 18.2 Å². The maximum Gasteiger partial charge on any atom is 0.251 e. The third-order valence-electron chi connectivity index (χ3n) is 8.35. The summed E-state index contributed by atoms with van der Waals surface area (Å²) in [5, 5.41) is 6.66. The van der Waals surface area contributed by atoms with Crippen molar-refractivity contribution in [1.82, 2.24) is 24.9 Å². The van der Waals surface area contributed by atoms with Crippen molar-refractivity contribution < 1.29 is 9.18 Å². The molecule has 4 aromatic rings. The minimum Gasteiger partial charge on any atom is -0.352 e. The summed E-state index contributed by atoms with van der Waals surface area (Å²) in [6.07, 6.45) is 6.04. The summed E-state index contributed by atoms with van der Waals surface area (Å²) < 4.78 is 16.5. The number of rotatable bonds is 7. The van der Waals surface area contributed by atoms with Gasteiger partial charge in [0.05, 0.1) is 15.9 Å².